The van der Waals surface area contributed by atoms with E-state index >= 15 is 0 Å². The van der Waals surface area contributed by atoms with E-state index in [4.69, 9.17) is 5.84 Å². The summed E-state index contributed by atoms with van der Waals surface area (Å²) in [5.74, 6) is 6.71. The average Bonchev–Trinajstić information content (AvgIpc) is 2.89. The monoisotopic (exact) mass is 295 g/mol. The highest BCUT2D eigenvalue weighted by Crippen LogP contribution is 2.32. The lowest BCUT2D eigenvalue weighted by Gasteiger charge is -2.23. The van der Waals surface area contributed by atoms with Crippen molar-refractivity contribution in [3.63, 3.8) is 0 Å². The average molecular weight is 295 g/mol. The van der Waals surface area contributed by atoms with Crippen molar-refractivity contribution in [1.29, 1.82) is 0 Å². The number of fused-ring (bicyclic) bond motifs is 1. The van der Waals surface area contributed by atoms with Crippen molar-refractivity contribution >= 4 is 33.3 Å². The van der Waals surface area contributed by atoms with E-state index in [0.29, 0.717) is 12.5 Å². The van der Waals surface area contributed by atoms with Crippen LogP contribution in [0, 0.1) is 0 Å². The molecule has 0 amide bonds. The molecule has 7 heteroatoms. The fourth-order valence-corrected chi connectivity index (χ4v) is 3.11. The van der Waals surface area contributed by atoms with Crippen molar-refractivity contribution in [3.8, 4) is 0 Å². The van der Waals surface area contributed by atoms with Gasteiger partial charge in [0, 0.05) is 18.0 Å². The van der Waals surface area contributed by atoms with Crippen molar-refractivity contribution in [2.75, 3.05) is 30.0 Å². The lowest BCUT2D eigenvalue weighted by Crippen LogP contribution is -2.29. The Labute approximate surface area is 122 Å². The first-order chi connectivity index (χ1) is 9.73. The van der Waals surface area contributed by atoms with Crippen LogP contribution in [0.1, 0.15) is 25.1 Å². The first kappa shape index (κ1) is 15.0. The second kappa shape index (κ2) is 6.83. The minimum Gasteiger partial charge on any atom is -0.395 e. The van der Waals surface area contributed by atoms with Gasteiger partial charge in [0.2, 0.25) is 5.95 Å². The molecular weight excluding hydrogens is 274 g/mol. The van der Waals surface area contributed by atoms with Crippen LogP contribution in [0.4, 0.5) is 11.8 Å². The third-order valence-corrected chi connectivity index (χ3v) is 4.24. The highest BCUT2D eigenvalue weighted by atomic mass is 32.1. The molecule has 0 atom stereocenters. The van der Waals surface area contributed by atoms with Crippen molar-refractivity contribution in [3.05, 3.63) is 10.9 Å². The molecule has 0 aromatic carbocycles. The molecule has 0 unspecified atom stereocenters. The van der Waals surface area contributed by atoms with Crippen LogP contribution in [0.15, 0.2) is 6.07 Å². The molecular formula is C13H21N5OS. The molecule has 0 aliphatic carbocycles. The van der Waals surface area contributed by atoms with E-state index in [1.807, 2.05) is 0 Å². The minimum absolute atomic E-state index is 0.0989. The molecule has 6 nitrogen and oxygen atoms in total. The molecule has 0 saturated carbocycles. The van der Waals surface area contributed by atoms with Crippen LogP contribution < -0.4 is 16.2 Å². The first-order valence-corrected chi connectivity index (χ1v) is 7.68. The third-order valence-electron chi connectivity index (χ3n) is 3.06. The molecule has 2 rings (SSSR count). The van der Waals surface area contributed by atoms with Crippen LogP contribution in [-0.4, -0.2) is 34.8 Å². The quantitative estimate of drug-likeness (QED) is 0.533. The van der Waals surface area contributed by atoms with E-state index in [9.17, 15) is 5.11 Å². The molecule has 0 aliphatic heterocycles. The Kier molecular flexibility index (Phi) is 5.11. The normalized spacial score (nSPS) is 11.0. The highest BCUT2D eigenvalue weighted by Gasteiger charge is 2.16. The number of rotatable bonds is 7. The van der Waals surface area contributed by atoms with Gasteiger partial charge in [-0.25, -0.2) is 10.8 Å². The maximum absolute atomic E-state index is 9.25. The van der Waals surface area contributed by atoms with Gasteiger partial charge >= 0.3 is 0 Å². The number of aliphatic hydroxyl groups excluding tert-OH is 1. The summed E-state index contributed by atoms with van der Waals surface area (Å²) < 4.78 is 0. The van der Waals surface area contributed by atoms with Gasteiger partial charge in [-0.15, -0.1) is 11.3 Å². The Morgan fingerprint density at radius 1 is 1.35 bits per heavy atom. The van der Waals surface area contributed by atoms with Crippen LogP contribution in [0.25, 0.3) is 10.2 Å². The van der Waals surface area contributed by atoms with Gasteiger partial charge in [0.1, 0.15) is 10.6 Å². The molecule has 0 spiro atoms. The fraction of sp³-hybridized carbons (Fsp3) is 0.538. The predicted molar refractivity (Wildman–Crippen MR) is 84.2 cm³/mol. The van der Waals surface area contributed by atoms with Crippen LogP contribution >= 0.6 is 11.3 Å². The molecule has 0 bridgehead atoms. The van der Waals surface area contributed by atoms with E-state index in [1.54, 1.807) is 11.3 Å². The van der Waals surface area contributed by atoms with Crippen LogP contribution in [0.3, 0.4) is 0 Å². The second-order valence-corrected chi connectivity index (χ2v) is 5.63. The molecule has 20 heavy (non-hydrogen) atoms. The second-order valence-electron chi connectivity index (χ2n) is 4.51. The van der Waals surface area contributed by atoms with Gasteiger partial charge < -0.3 is 10.0 Å². The summed E-state index contributed by atoms with van der Waals surface area (Å²) in [6.07, 6.45) is 1.96. The largest absolute Gasteiger partial charge is 0.395 e. The Bertz CT molecular complexity index is 565. The molecule has 0 aliphatic rings. The molecule has 2 heterocycles. The number of aromatic nitrogens is 2. The molecule has 4 N–H and O–H groups in total. The minimum atomic E-state index is 0.0989. The number of nitrogens with one attached hydrogen (secondary N) is 1. The Morgan fingerprint density at radius 3 is 2.75 bits per heavy atom. The third kappa shape index (κ3) is 3.00. The van der Waals surface area contributed by atoms with Crippen LogP contribution in [0.2, 0.25) is 0 Å². The van der Waals surface area contributed by atoms with E-state index in [1.165, 1.54) is 4.88 Å². The number of aryl methyl sites for hydroxylation is 1. The Morgan fingerprint density at radius 2 is 2.15 bits per heavy atom. The van der Waals surface area contributed by atoms with Crippen molar-refractivity contribution in [2.24, 2.45) is 5.84 Å². The standard InChI is InChI=1S/C13H21N5OS/c1-3-5-18(6-7-19)11-10-8-9(4-2)20-12(10)16-13(15-11)17-14/h8,19H,3-7,14H2,1-2H3,(H,15,16,17). The summed E-state index contributed by atoms with van der Waals surface area (Å²) in [4.78, 5) is 13.2. The Hall–Kier alpha value is -1.44. The molecule has 0 fully saturated rings. The van der Waals surface area contributed by atoms with Gasteiger partial charge in [0.25, 0.3) is 0 Å². The van der Waals surface area contributed by atoms with Gasteiger partial charge in [-0.2, -0.15) is 4.98 Å². The predicted octanol–water partition coefficient (Wildman–Crippen LogP) is 1.75. The van der Waals surface area contributed by atoms with E-state index in [0.717, 1.165) is 35.4 Å². The number of thiophene rings is 1. The Balaban J connectivity index is 2.54. The summed E-state index contributed by atoms with van der Waals surface area (Å²) in [5.41, 5.74) is 2.52. The van der Waals surface area contributed by atoms with E-state index < -0.39 is 0 Å². The van der Waals surface area contributed by atoms with Crippen LogP contribution in [0.5, 0.6) is 0 Å². The van der Waals surface area contributed by atoms with Gasteiger partial charge in [-0.05, 0) is 18.9 Å². The number of aliphatic hydroxyl groups is 1. The van der Waals surface area contributed by atoms with Crippen LogP contribution in [-0.2, 0) is 6.42 Å². The molecule has 110 valence electrons. The zero-order valence-electron chi connectivity index (χ0n) is 11.9. The van der Waals surface area contributed by atoms with E-state index in [2.05, 4.69) is 40.2 Å². The smallest absolute Gasteiger partial charge is 0.240 e. The number of nitrogens with two attached hydrogens (primary N) is 1. The number of hydrogen-bond acceptors (Lipinski definition) is 7. The molecule has 0 radical (unpaired) electrons. The molecule has 0 saturated heterocycles. The zero-order valence-corrected chi connectivity index (χ0v) is 12.7. The van der Waals surface area contributed by atoms with Gasteiger partial charge in [-0.3, -0.25) is 5.43 Å². The highest BCUT2D eigenvalue weighted by molar-refractivity contribution is 7.18. The summed E-state index contributed by atoms with van der Waals surface area (Å²) in [6.45, 7) is 5.73. The summed E-state index contributed by atoms with van der Waals surface area (Å²) in [5, 5.41) is 10.3. The first-order valence-electron chi connectivity index (χ1n) is 6.86. The maximum atomic E-state index is 9.25. The number of hydrazine groups is 1. The zero-order chi connectivity index (χ0) is 14.5. The summed E-state index contributed by atoms with van der Waals surface area (Å²) in [6, 6.07) is 2.13. The maximum Gasteiger partial charge on any atom is 0.240 e. The van der Waals surface area contributed by atoms with Crippen molar-refractivity contribution < 1.29 is 5.11 Å². The lowest BCUT2D eigenvalue weighted by atomic mass is 10.3. The molecule has 2 aromatic rings. The number of nitrogens with zero attached hydrogens (tertiary/aromatic N) is 3. The van der Waals surface area contributed by atoms with Crippen molar-refractivity contribution in [2.45, 2.75) is 26.7 Å². The van der Waals surface area contributed by atoms with Gasteiger partial charge in [0.05, 0.1) is 12.0 Å². The topological polar surface area (TPSA) is 87.3 Å². The summed E-state index contributed by atoms with van der Waals surface area (Å²) in [7, 11) is 0. The number of hydrogen-bond donors (Lipinski definition) is 3. The number of nitrogen functional groups attached to an aromatic ring is 1. The van der Waals surface area contributed by atoms with E-state index in [-0.39, 0.29) is 6.61 Å². The van der Waals surface area contributed by atoms with Gasteiger partial charge in [0.15, 0.2) is 0 Å². The SMILES string of the molecule is CCCN(CCO)c1nc(NN)nc2sc(CC)cc12. The lowest BCUT2D eigenvalue weighted by molar-refractivity contribution is 0.301. The fourth-order valence-electron chi connectivity index (χ4n) is 2.15. The van der Waals surface area contributed by atoms with Gasteiger partial charge in [-0.1, -0.05) is 13.8 Å². The summed E-state index contributed by atoms with van der Waals surface area (Å²) >= 11 is 1.66. The molecule has 2 aromatic heterocycles. The van der Waals surface area contributed by atoms with Crippen molar-refractivity contribution in [1.82, 2.24) is 9.97 Å². The number of anilines is 2.